The highest BCUT2D eigenvalue weighted by molar-refractivity contribution is 6.37. The number of carbonyl (C=O) groups excluding carboxylic acids is 1. The first-order valence-electron chi connectivity index (χ1n) is 6.70. The van der Waals surface area contributed by atoms with E-state index < -0.39 is 17.8 Å². The number of aromatic nitrogens is 1. The number of amides is 1. The molecule has 0 atom stereocenters. The fourth-order valence-corrected chi connectivity index (χ4v) is 2.73. The molecule has 0 spiro atoms. The van der Waals surface area contributed by atoms with Gasteiger partial charge in [0.1, 0.15) is 5.69 Å². The molecule has 2 aromatic carbocycles. The topological polar surface area (TPSA) is 44.9 Å². The van der Waals surface area contributed by atoms with E-state index in [1.54, 1.807) is 0 Å². The van der Waals surface area contributed by atoms with Crippen molar-refractivity contribution >= 4 is 45.7 Å². The maximum atomic E-state index is 12.7. The third kappa shape index (κ3) is 3.34. The predicted molar refractivity (Wildman–Crippen MR) is 87.7 cm³/mol. The van der Waals surface area contributed by atoms with Crippen LogP contribution in [-0.2, 0) is 6.18 Å². The Morgan fingerprint density at radius 1 is 1.04 bits per heavy atom. The molecule has 1 amide bonds. The molecular weight excluding hydrogens is 364 g/mol. The average molecular weight is 373 g/mol. The SMILES string of the molecule is O=C(Nc1ccc2[nH]c(C(F)(F)F)cc2c1)c1ccc(Cl)cc1Cl. The zero-order chi connectivity index (χ0) is 17.5. The second-order valence-electron chi connectivity index (χ2n) is 5.06. The van der Waals surface area contributed by atoms with Crippen LogP contribution >= 0.6 is 23.2 Å². The molecule has 2 N–H and O–H groups in total. The van der Waals surface area contributed by atoms with Gasteiger partial charge in [0, 0.05) is 21.6 Å². The van der Waals surface area contributed by atoms with Gasteiger partial charge in [-0.3, -0.25) is 4.79 Å². The molecule has 0 aliphatic carbocycles. The lowest BCUT2D eigenvalue weighted by molar-refractivity contribution is -0.140. The Labute approximate surface area is 144 Å². The molecule has 0 aliphatic heterocycles. The molecule has 1 heterocycles. The van der Waals surface area contributed by atoms with Crippen LogP contribution in [0.15, 0.2) is 42.5 Å². The summed E-state index contributed by atoms with van der Waals surface area (Å²) in [5.41, 5.74) is 0.0454. The Bertz CT molecular complexity index is 935. The summed E-state index contributed by atoms with van der Waals surface area (Å²) in [6, 6.07) is 9.82. The van der Waals surface area contributed by atoms with Crippen LogP contribution in [-0.4, -0.2) is 10.9 Å². The maximum Gasteiger partial charge on any atom is 0.431 e. The third-order valence-corrected chi connectivity index (χ3v) is 3.91. The van der Waals surface area contributed by atoms with Crippen molar-refractivity contribution in [1.82, 2.24) is 4.98 Å². The van der Waals surface area contributed by atoms with Crippen LogP contribution in [0.25, 0.3) is 10.9 Å². The zero-order valence-corrected chi connectivity index (χ0v) is 13.4. The highest BCUT2D eigenvalue weighted by Gasteiger charge is 2.32. The van der Waals surface area contributed by atoms with Gasteiger partial charge in [-0.05, 0) is 42.5 Å². The summed E-state index contributed by atoms with van der Waals surface area (Å²) in [5.74, 6) is -0.484. The Balaban J connectivity index is 1.88. The number of anilines is 1. The molecule has 0 bridgehead atoms. The molecule has 24 heavy (non-hydrogen) atoms. The number of H-pyrrole nitrogens is 1. The molecule has 0 radical (unpaired) electrons. The summed E-state index contributed by atoms with van der Waals surface area (Å²) in [7, 11) is 0. The fourth-order valence-electron chi connectivity index (χ4n) is 2.24. The third-order valence-electron chi connectivity index (χ3n) is 3.36. The van der Waals surface area contributed by atoms with Crippen LogP contribution in [0.3, 0.4) is 0 Å². The van der Waals surface area contributed by atoms with Crippen molar-refractivity contribution in [3.8, 4) is 0 Å². The van der Waals surface area contributed by atoms with Gasteiger partial charge in [-0.2, -0.15) is 13.2 Å². The van der Waals surface area contributed by atoms with Crippen molar-refractivity contribution in [2.45, 2.75) is 6.18 Å². The van der Waals surface area contributed by atoms with Crippen LogP contribution in [0.2, 0.25) is 10.0 Å². The fraction of sp³-hybridized carbons (Fsp3) is 0.0625. The van der Waals surface area contributed by atoms with Gasteiger partial charge < -0.3 is 10.3 Å². The van der Waals surface area contributed by atoms with E-state index >= 15 is 0 Å². The maximum absolute atomic E-state index is 12.7. The Morgan fingerprint density at radius 3 is 2.46 bits per heavy atom. The number of nitrogens with one attached hydrogen (secondary N) is 2. The molecule has 1 aromatic heterocycles. The average Bonchev–Trinajstić information content (AvgIpc) is 2.90. The van der Waals surface area contributed by atoms with E-state index in [2.05, 4.69) is 10.3 Å². The Morgan fingerprint density at radius 2 is 1.79 bits per heavy atom. The van der Waals surface area contributed by atoms with E-state index in [1.165, 1.54) is 36.4 Å². The minimum atomic E-state index is -4.46. The van der Waals surface area contributed by atoms with Gasteiger partial charge in [-0.25, -0.2) is 0 Å². The first kappa shape index (κ1) is 16.7. The van der Waals surface area contributed by atoms with Crippen molar-refractivity contribution in [2.24, 2.45) is 0 Å². The van der Waals surface area contributed by atoms with E-state index in [-0.39, 0.29) is 10.6 Å². The summed E-state index contributed by atoms with van der Waals surface area (Å²) in [4.78, 5) is 14.5. The lowest BCUT2D eigenvalue weighted by Crippen LogP contribution is -2.12. The lowest BCUT2D eigenvalue weighted by Gasteiger charge is -2.07. The highest BCUT2D eigenvalue weighted by atomic mass is 35.5. The largest absolute Gasteiger partial charge is 0.431 e. The van der Waals surface area contributed by atoms with Crippen LogP contribution < -0.4 is 5.32 Å². The standard InChI is InChI=1S/C16H9Cl2F3N2O/c17-9-1-3-11(12(18)7-9)15(24)22-10-2-4-13-8(5-10)6-14(23-13)16(19,20)21/h1-7,23H,(H,22,24). The smallest absolute Gasteiger partial charge is 0.351 e. The van der Waals surface area contributed by atoms with Crippen LogP contribution in [0.5, 0.6) is 0 Å². The molecule has 0 saturated heterocycles. The van der Waals surface area contributed by atoms with E-state index in [0.717, 1.165) is 6.07 Å². The van der Waals surface area contributed by atoms with Gasteiger partial charge in [0.25, 0.3) is 5.91 Å². The van der Waals surface area contributed by atoms with Crippen LogP contribution in [0.4, 0.5) is 18.9 Å². The molecule has 0 unspecified atom stereocenters. The van der Waals surface area contributed by atoms with E-state index in [1.807, 2.05) is 0 Å². The summed E-state index contributed by atoms with van der Waals surface area (Å²) >= 11 is 11.7. The monoisotopic (exact) mass is 372 g/mol. The number of benzene rings is 2. The van der Waals surface area contributed by atoms with Crippen molar-refractivity contribution in [2.75, 3.05) is 5.32 Å². The molecule has 0 saturated carbocycles. The van der Waals surface area contributed by atoms with Crippen LogP contribution in [0, 0.1) is 0 Å². The number of rotatable bonds is 2. The quantitative estimate of drug-likeness (QED) is 0.591. The number of fused-ring (bicyclic) bond motifs is 1. The van der Waals surface area contributed by atoms with Gasteiger partial charge >= 0.3 is 6.18 Å². The second kappa shape index (κ2) is 6.03. The second-order valence-corrected chi connectivity index (χ2v) is 5.90. The number of hydrogen-bond acceptors (Lipinski definition) is 1. The lowest BCUT2D eigenvalue weighted by atomic mass is 10.2. The number of carbonyl (C=O) groups is 1. The molecule has 0 aliphatic rings. The number of aromatic amines is 1. The highest BCUT2D eigenvalue weighted by Crippen LogP contribution is 2.32. The molecule has 3 nitrogen and oxygen atoms in total. The van der Waals surface area contributed by atoms with Gasteiger partial charge in [-0.15, -0.1) is 0 Å². The predicted octanol–water partition coefficient (Wildman–Crippen LogP) is 5.75. The first-order valence-corrected chi connectivity index (χ1v) is 7.46. The van der Waals surface area contributed by atoms with E-state index in [0.29, 0.717) is 21.6 Å². The van der Waals surface area contributed by atoms with Crippen LogP contribution in [0.1, 0.15) is 16.1 Å². The normalized spacial score (nSPS) is 11.7. The summed E-state index contributed by atoms with van der Waals surface area (Å²) in [5, 5.41) is 3.51. The first-order chi connectivity index (χ1) is 11.2. The Kier molecular flexibility index (Phi) is 4.19. The summed E-state index contributed by atoms with van der Waals surface area (Å²) in [6.07, 6.45) is -4.46. The number of halogens is 5. The molecule has 8 heteroatoms. The zero-order valence-electron chi connectivity index (χ0n) is 11.8. The van der Waals surface area contributed by atoms with Crippen molar-refractivity contribution in [3.05, 3.63) is 63.8 Å². The van der Waals surface area contributed by atoms with Crippen molar-refractivity contribution < 1.29 is 18.0 Å². The molecule has 0 fully saturated rings. The molecular formula is C16H9Cl2F3N2O. The van der Waals surface area contributed by atoms with E-state index in [9.17, 15) is 18.0 Å². The van der Waals surface area contributed by atoms with Crippen molar-refractivity contribution in [1.29, 1.82) is 0 Å². The molecule has 124 valence electrons. The minimum absolute atomic E-state index is 0.182. The summed E-state index contributed by atoms with van der Waals surface area (Å²) < 4.78 is 38.1. The summed E-state index contributed by atoms with van der Waals surface area (Å²) in [6.45, 7) is 0. The number of hydrogen-bond donors (Lipinski definition) is 2. The van der Waals surface area contributed by atoms with Crippen molar-refractivity contribution in [3.63, 3.8) is 0 Å². The molecule has 3 rings (SSSR count). The van der Waals surface area contributed by atoms with Gasteiger partial charge in [0.05, 0.1) is 10.6 Å². The van der Waals surface area contributed by atoms with Gasteiger partial charge in [-0.1, -0.05) is 23.2 Å². The minimum Gasteiger partial charge on any atom is -0.351 e. The van der Waals surface area contributed by atoms with Gasteiger partial charge in [0.15, 0.2) is 0 Å². The number of alkyl halides is 3. The Hall–Kier alpha value is -2.18. The van der Waals surface area contributed by atoms with E-state index in [4.69, 9.17) is 23.2 Å². The molecule has 3 aromatic rings. The van der Waals surface area contributed by atoms with Gasteiger partial charge in [0.2, 0.25) is 0 Å².